The molecule has 0 saturated heterocycles. The minimum atomic E-state index is 0.147. The summed E-state index contributed by atoms with van der Waals surface area (Å²) in [4.78, 5) is 0. The zero-order valence-corrected chi connectivity index (χ0v) is 8.74. The number of rotatable bonds is 4. The lowest BCUT2D eigenvalue weighted by Crippen LogP contribution is -2.00. The highest BCUT2D eigenvalue weighted by Gasteiger charge is 2.03. The Morgan fingerprint density at radius 1 is 1.19 bits per heavy atom. The normalized spacial score (nSPS) is 10.6. The first kappa shape index (κ1) is 10.6. The molecule has 84 valence electrons. The summed E-state index contributed by atoms with van der Waals surface area (Å²) in [6.45, 7) is 0.802. The second kappa shape index (κ2) is 4.76. The van der Waals surface area contributed by atoms with Crippen LogP contribution in [0.25, 0.3) is 11.3 Å². The number of nitrogens with zero attached hydrogens (tertiary/aromatic N) is 3. The van der Waals surface area contributed by atoms with Gasteiger partial charge < -0.3 is 10.2 Å². The number of phenolic OH excluding ortho intramolecular Hbond substituents is 1. The van der Waals surface area contributed by atoms with E-state index in [0.29, 0.717) is 13.0 Å². The Morgan fingerprint density at radius 2 is 1.94 bits per heavy atom. The van der Waals surface area contributed by atoms with Crippen molar-refractivity contribution in [2.75, 3.05) is 6.61 Å². The number of aliphatic hydroxyl groups excluding tert-OH is 1. The van der Waals surface area contributed by atoms with Gasteiger partial charge >= 0.3 is 0 Å². The van der Waals surface area contributed by atoms with Crippen LogP contribution in [0.1, 0.15) is 6.42 Å². The van der Waals surface area contributed by atoms with Crippen molar-refractivity contribution in [1.29, 1.82) is 0 Å². The van der Waals surface area contributed by atoms with Crippen LogP contribution < -0.4 is 0 Å². The lowest BCUT2D eigenvalue weighted by atomic mass is 10.2. The molecule has 16 heavy (non-hydrogen) atoms. The third-order valence-electron chi connectivity index (χ3n) is 2.25. The molecule has 0 unspecified atom stereocenters. The van der Waals surface area contributed by atoms with Crippen molar-refractivity contribution >= 4 is 0 Å². The van der Waals surface area contributed by atoms with Crippen molar-refractivity contribution in [2.24, 2.45) is 0 Å². The summed E-state index contributed by atoms with van der Waals surface area (Å²) >= 11 is 0. The van der Waals surface area contributed by atoms with Gasteiger partial charge in [0.05, 0.1) is 6.20 Å². The number of aryl methyl sites for hydroxylation is 1. The van der Waals surface area contributed by atoms with E-state index in [2.05, 4.69) is 10.3 Å². The molecule has 0 aliphatic rings. The zero-order valence-electron chi connectivity index (χ0n) is 8.74. The number of benzene rings is 1. The van der Waals surface area contributed by atoms with E-state index in [1.165, 1.54) is 0 Å². The van der Waals surface area contributed by atoms with Crippen LogP contribution in [0.15, 0.2) is 30.5 Å². The van der Waals surface area contributed by atoms with Crippen LogP contribution in [0.2, 0.25) is 0 Å². The minimum absolute atomic E-state index is 0.147. The van der Waals surface area contributed by atoms with Crippen molar-refractivity contribution in [3.8, 4) is 17.0 Å². The first-order valence-corrected chi connectivity index (χ1v) is 5.10. The molecule has 0 spiro atoms. The van der Waals surface area contributed by atoms with Crippen LogP contribution in [0.4, 0.5) is 0 Å². The monoisotopic (exact) mass is 219 g/mol. The number of hydrogen-bond donors (Lipinski definition) is 2. The van der Waals surface area contributed by atoms with Crippen molar-refractivity contribution in [2.45, 2.75) is 13.0 Å². The highest BCUT2D eigenvalue weighted by atomic mass is 16.3. The van der Waals surface area contributed by atoms with Gasteiger partial charge in [-0.25, -0.2) is 0 Å². The predicted molar refractivity (Wildman–Crippen MR) is 58.8 cm³/mol. The van der Waals surface area contributed by atoms with E-state index in [4.69, 9.17) is 10.2 Å². The Balaban J connectivity index is 2.15. The lowest BCUT2D eigenvalue weighted by Gasteiger charge is -1.96. The van der Waals surface area contributed by atoms with Crippen molar-refractivity contribution < 1.29 is 10.2 Å². The maximum atomic E-state index is 9.16. The predicted octanol–water partition coefficient (Wildman–Crippen LogP) is 1.03. The fourth-order valence-corrected chi connectivity index (χ4v) is 1.40. The molecule has 1 aromatic heterocycles. The molecular formula is C11H13N3O2. The van der Waals surface area contributed by atoms with Gasteiger partial charge in [-0.1, -0.05) is 5.21 Å². The largest absolute Gasteiger partial charge is 0.508 e. The average molecular weight is 219 g/mol. The van der Waals surface area contributed by atoms with Gasteiger partial charge in [0.2, 0.25) is 0 Å². The van der Waals surface area contributed by atoms with Gasteiger partial charge in [0.15, 0.2) is 0 Å². The quantitative estimate of drug-likeness (QED) is 0.805. The van der Waals surface area contributed by atoms with E-state index >= 15 is 0 Å². The maximum Gasteiger partial charge on any atom is 0.115 e. The van der Waals surface area contributed by atoms with Crippen molar-refractivity contribution in [3.63, 3.8) is 0 Å². The average Bonchev–Trinajstić information content (AvgIpc) is 2.76. The fraction of sp³-hybridized carbons (Fsp3) is 0.273. The molecule has 0 amide bonds. The van der Waals surface area contributed by atoms with Gasteiger partial charge in [0, 0.05) is 18.7 Å². The number of aromatic nitrogens is 3. The first-order chi connectivity index (χ1) is 7.79. The second-order valence-electron chi connectivity index (χ2n) is 3.49. The third-order valence-corrected chi connectivity index (χ3v) is 2.25. The second-order valence-corrected chi connectivity index (χ2v) is 3.49. The summed E-state index contributed by atoms with van der Waals surface area (Å²) in [7, 11) is 0. The molecule has 2 rings (SSSR count). The molecule has 0 saturated carbocycles. The van der Waals surface area contributed by atoms with Gasteiger partial charge in [0.25, 0.3) is 0 Å². The zero-order chi connectivity index (χ0) is 11.4. The molecule has 0 fully saturated rings. The molecule has 0 atom stereocenters. The minimum Gasteiger partial charge on any atom is -0.508 e. The Hall–Kier alpha value is -1.88. The smallest absolute Gasteiger partial charge is 0.115 e. The molecule has 0 aliphatic carbocycles. The van der Waals surface area contributed by atoms with E-state index in [1.54, 1.807) is 28.9 Å². The SMILES string of the molecule is OCCCn1cc(-c2ccc(O)cc2)nn1. The van der Waals surface area contributed by atoms with E-state index in [0.717, 1.165) is 11.3 Å². The van der Waals surface area contributed by atoms with Gasteiger partial charge in [0.1, 0.15) is 11.4 Å². The number of aromatic hydroxyl groups is 1. The van der Waals surface area contributed by atoms with Crippen molar-refractivity contribution in [3.05, 3.63) is 30.5 Å². The van der Waals surface area contributed by atoms with E-state index < -0.39 is 0 Å². The molecule has 1 heterocycles. The molecule has 1 aromatic carbocycles. The van der Waals surface area contributed by atoms with E-state index in [-0.39, 0.29) is 12.4 Å². The molecule has 2 N–H and O–H groups in total. The number of phenols is 1. The van der Waals surface area contributed by atoms with Crippen LogP contribution in [0.5, 0.6) is 5.75 Å². The molecule has 2 aromatic rings. The third kappa shape index (κ3) is 2.38. The fourth-order valence-electron chi connectivity index (χ4n) is 1.40. The highest BCUT2D eigenvalue weighted by molar-refractivity contribution is 5.58. The molecule has 0 radical (unpaired) electrons. The first-order valence-electron chi connectivity index (χ1n) is 5.10. The molecule has 0 bridgehead atoms. The molecule has 0 aliphatic heterocycles. The summed E-state index contributed by atoms with van der Waals surface area (Å²) < 4.78 is 1.69. The van der Waals surface area contributed by atoms with Crippen LogP contribution in [-0.2, 0) is 6.54 Å². The van der Waals surface area contributed by atoms with Gasteiger partial charge in [-0.2, -0.15) is 0 Å². The van der Waals surface area contributed by atoms with Crippen LogP contribution in [-0.4, -0.2) is 31.8 Å². The van der Waals surface area contributed by atoms with Gasteiger partial charge in [-0.15, -0.1) is 5.10 Å². The van der Waals surface area contributed by atoms with Gasteiger partial charge in [-0.3, -0.25) is 4.68 Å². The maximum absolute atomic E-state index is 9.16. The lowest BCUT2D eigenvalue weighted by molar-refractivity contribution is 0.276. The summed E-state index contributed by atoms with van der Waals surface area (Å²) in [5.74, 6) is 0.233. The summed E-state index contributed by atoms with van der Waals surface area (Å²) in [5, 5.41) is 25.8. The van der Waals surface area contributed by atoms with E-state index in [1.807, 2.05) is 6.20 Å². The topological polar surface area (TPSA) is 71.2 Å². The number of hydrogen-bond acceptors (Lipinski definition) is 4. The Bertz CT molecular complexity index is 451. The Kier molecular flexibility index (Phi) is 3.16. The highest BCUT2D eigenvalue weighted by Crippen LogP contribution is 2.19. The molecule has 5 nitrogen and oxygen atoms in total. The summed E-state index contributed by atoms with van der Waals surface area (Å²) in [5.41, 5.74) is 1.67. The van der Waals surface area contributed by atoms with Crippen LogP contribution in [0, 0.1) is 0 Å². The molecule has 5 heteroatoms. The van der Waals surface area contributed by atoms with Crippen LogP contribution >= 0.6 is 0 Å². The van der Waals surface area contributed by atoms with Crippen LogP contribution in [0.3, 0.4) is 0 Å². The summed E-state index contributed by atoms with van der Waals surface area (Å²) in [6, 6.07) is 6.80. The Labute approximate surface area is 93.0 Å². The van der Waals surface area contributed by atoms with Crippen molar-refractivity contribution in [1.82, 2.24) is 15.0 Å². The summed E-state index contributed by atoms with van der Waals surface area (Å²) in [6.07, 6.45) is 2.49. The Morgan fingerprint density at radius 3 is 2.62 bits per heavy atom. The number of aliphatic hydroxyl groups is 1. The molecular weight excluding hydrogens is 206 g/mol. The van der Waals surface area contributed by atoms with E-state index in [9.17, 15) is 0 Å². The van der Waals surface area contributed by atoms with Gasteiger partial charge in [-0.05, 0) is 30.7 Å². The standard InChI is InChI=1S/C11H13N3O2/c15-7-1-6-14-8-11(12-13-14)9-2-4-10(16)5-3-9/h2-5,8,15-16H,1,6-7H2.